The van der Waals surface area contributed by atoms with Crippen LogP contribution >= 0.6 is 0 Å². The van der Waals surface area contributed by atoms with Crippen molar-refractivity contribution in [2.24, 2.45) is 0 Å². The van der Waals surface area contributed by atoms with E-state index in [0.29, 0.717) is 24.9 Å². The maximum absolute atomic E-state index is 9.86. The number of rotatable bonds is 6. The van der Waals surface area contributed by atoms with Crippen LogP contribution in [0.1, 0.15) is 0 Å². The van der Waals surface area contributed by atoms with Crippen molar-refractivity contribution in [3.63, 3.8) is 0 Å². The zero-order valence-corrected chi connectivity index (χ0v) is 13.7. The Hall–Kier alpha value is -2.07. The van der Waals surface area contributed by atoms with Crippen molar-refractivity contribution in [1.82, 2.24) is 9.97 Å². The number of nitrogens with zero attached hydrogens (tertiary/aromatic N) is 3. The first kappa shape index (κ1) is 16.8. The van der Waals surface area contributed by atoms with E-state index in [0.717, 1.165) is 5.82 Å². The molecular formula is C15H23N6O3+. The number of aromatic nitrogens is 2. The Kier molecular flexibility index (Phi) is 5.05. The molecule has 0 saturated carbocycles. The van der Waals surface area contributed by atoms with E-state index in [2.05, 4.69) is 15.3 Å². The molecule has 2 aliphatic rings. The fourth-order valence-electron chi connectivity index (χ4n) is 3.00. The molecule has 2 aliphatic heterocycles. The second-order valence-electron chi connectivity index (χ2n) is 5.80. The summed E-state index contributed by atoms with van der Waals surface area (Å²) in [7, 11) is 3.80. The number of nitrogens with one attached hydrogen (secondary N) is 2. The van der Waals surface area contributed by atoms with Crippen LogP contribution in [0.4, 0.5) is 11.8 Å². The lowest BCUT2D eigenvalue weighted by Gasteiger charge is -2.28. The van der Waals surface area contributed by atoms with Crippen LogP contribution in [0.3, 0.4) is 0 Å². The highest BCUT2D eigenvalue weighted by Crippen LogP contribution is 2.31. The number of nitrogens with two attached hydrogens (primary N) is 1. The molecule has 24 heavy (non-hydrogen) atoms. The monoisotopic (exact) mass is 335 g/mol. The van der Waals surface area contributed by atoms with Crippen LogP contribution in [0.2, 0.25) is 0 Å². The number of fused-ring (bicyclic) bond motifs is 1. The molecule has 0 aliphatic carbocycles. The molecule has 1 aromatic rings. The van der Waals surface area contributed by atoms with Crippen LogP contribution < -0.4 is 15.5 Å². The fourth-order valence-corrected chi connectivity index (χ4v) is 3.00. The van der Waals surface area contributed by atoms with E-state index in [1.807, 2.05) is 30.4 Å². The third-order valence-corrected chi connectivity index (χ3v) is 4.26. The van der Waals surface area contributed by atoms with Gasteiger partial charge in [0.05, 0.1) is 26.3 Å². The molecule has 2 fully saturated rings. The summed E-state index contributed by atoms with van der Waals surface area (Å²) in [5, 5.41) is 22.1. The van der Waals surface area contributed by atoms with E-state index in [-0.39, 0.29) is 18.2 Å². The smallest absolute Gasteiger partial charge is 0.229 e. The highest BCUT2D eigenvalue weighted by Gasteiger charge is 2.48. The minimum absolute atomic E-state index is 0.0170. The van der Waals surface area contributed by atoms with Gasteiger partial charge < -0.3 is 35.5 Å². The SMILES string of the molecule is C[NH2+]C=C(C=N)Nc1nccc(N(C)C2COC3C(O)COC32)n1. The van der Waals surface area contributed by atoms with Gasteiger partial charge in [-0.1, -0.05) is 0 Å². The molecule has 4 atom stereocenters. The Balaban J connectivity index is 1.74. The van der Waals surface area contributed by atoms with Crippen molar-refractivity contribution in [3.05, 3.63) is 24.2 Å². The zero-order chi connectivity index (χ0) is 17.1. The highest BCUT2D eigenvalue weighted by atomic mass is 16.6. The summed E-state index contributed by atoms with van der Waals surface area (Å²) in [5.41, 5.74) is 0.601. The molecule has 0 bridgehead atoms. The lowest BCUT2D eigenvalue weighted by molar-refractivity contribution is -0.556. The first-order valence-electron chi connectivity index (χ1n) is 7.88. The fraction of sp³-hybridized carbons (Fsp3) is 0.533. The Morgan fingerprint density at radius 1 is 1.46 bits per heavy atom. The standard InChI is InChI=1S/C15H22N6O3/c1-17-6-9(5-16)19-15-18-4-3-12(20-15)21(2)10-7-23-14-11(22)8-24-13(10)14/h3-6,10-11,13-14,16-17,22H,7-8H2,1-2H3,(H,18,19,20)/p+1. The van der Waals surface area contributed by atoms with Crippen molar-refractivity contribution in [2.45, 2.75) is 24.4 Å². The largest absolute Gasteiger partial charge is 0.388 e. The van der Waals surface area contributed by atoms with Gasteiger partial charge in [-0.15, -0.1) is 0 Å². The Bertz CT molecular complexity index is 625. The quantitative estimate of drug-likeness (QED) is 0.469. The van der Waals surface area contributed by atoms with Crippen LogP contribution in [0, 0.1) is 5.41 Å². The van der Waals surface area contributed by atoms with Gasteiger partial charge in [0, 0.05) is 19.5 Å². The Morgan fingerprint density at radius 3 is 3.00 bits per heavy atom. The number of allylic oxidation sites excluding steroid dienone is 1. The van der Waals surface area contributed by atoms with Gasteiger partial charge in [0.1, 0.15) is 36.0 Å². The van der Waals surface area contributed by atoms with Crippen molar-refractivity contribution in [3.8, 4) is 0 Å². The average Bonchev–Trinajstić information content (AvgIpc) is 3.17. The molecule has 2 saturated heterocycles. The molecule has 0 radical (unpaired) electrons. The molecule has 3 heterocycles. The van der Waals surface area contributed by atoms with Gasteiger partial charge in [0.25, 0.3) is 0 Å². The second-order valence-corrected chi connectivity index (χ2v) is 5.80. The zero-order valence-electron chi connectivity index (χ0n) is 13.7. The van der Waals surface area contributed by atoms with Gasteiger partial charge in [-0.2, -0.15) is 4.98 Å². The third kappa shape index (κ3) is 3.24. The lowest BCUT2D eigenvalue weighted by Crippen LogP contribution is -2.73. The van der Waals surface area contributed by atoms with Gasteiger partial charge >= 0.3 is 0 Å². The molecule has 3 rings (SSSR count). The summed E-state index contributed by atoms with van der Waals surface area (Å²) in [6, 6.07) is 1.79. The van der Waals surface area contributed by atoms with Crippen LogP contribution in [-0.2, 0) is 9.47 Å². The summed E-state index contributed by atoms with van der Waals surface area (Å²) in [6.07, 6.45) is 3.64. The second kappa shape index (κ2) is 7.22. The molecule has 0 spiro atoms. The van der Waals surface area contributed by atoms with Gasteiger partial charge in [0.15, 0.2) is 0 Å². The number of quaternary nitrogens is 1. The minimum Gasteiger partial charge on any atom is -0.388 e. The summed E-state index contributed by atoms with van der Waals surface area (Å²) >= 11 is 0. The molecular weight excluding hydrogens is 312 g/mol. The van der Waals surface area contributed by atoms with E-state index in [9.17, 15) is 5.11 Å². The van der Waals surface area contributed by atoms with E-state index in [4.69, 9.17) is 14.9 Å². The molecule has 9 heteroatoms. The summed E-state index contributed by atoms with van der Waals surface area (Å²) in [6.45, 7) is 0.781. The van der Waals surface area contributed by atoms with Crippen molar-refractivity contribution in [2.75, 3.05) is 37.5 Å². The van der Waals surface area contributed by atoms with Gasteiger partial charge in [-0.25, -0.2) is 4.98 Å². The first-order chi connectivity index (χ1) is 11.6. The first-order valence-corrected chi connectivity index (χ1v) is 7.88. The topological polar surface area (TPSA) is 120 Å². The third-order valence-electron chi connectivity index (χ3n) is 4.26. The molecule has 130 valence electrons. The maximum Gasteiger partial charge on any atom is 0.229 e. The van der Waals surface area contributed by atoms with E-state index >= 15 is 0 Å². The van der Waals surface area contributed by atoms with Crippen LogP contribution in [0.15, 0.2) is 24.2 Å². The van der Waals surface area contributed by atoms with Crippen molar-refractivity contribution in [1.29, 1.82) is 5.41 Å². The highest BCUT2D eigenvalue weighted by molar-refractivity contribution is 5.79. The van der Waals surface area contributed by atoms with Crippen LogP contribution in [0.5, 0.6) is 0 Å². The normalized spacial score (nSPS) is 29.4. The molecule has 5 N–H and O–H groups in total. The molecule has 0 aromatic carbocycles. The van der Waals surface area contributed by atoms with E-state index in [1.54, 1.807) is 12.4 Å². The van der Waals surface area contributed by atoms with Crippen LogP contribution in [-0.4, -0.2) is 73.0 Å². The number of aliphatic hydroxyl groups excluding tert-OH is 1. The Morgan fingerprint density at radius 2 is 2.25 bits per heavy atom. The van der Waals surface area contributed by atoms with E-state index < -0.39 is 6.10 Å². The number of anilines is 2. The van der Waals surface area contributed by atoms with E-state index in [1.165, 1.54) is 6.21 Å². The predicted molar refractivity (Wildman–Crippen MR) is 88.0 cm³/mol. The van der Waals surface area contributed by atoms with Gasteiger partial charge in [0.2, 0.25) is 5.95 Å². The number of ether oxygens (including phenoxy) is 2. The average molecular weight is 335 g/mol. The predicted octanol–water partition coefficient (Wildman–Crippen LogP) is -1.46. The molecule has 0 amide bonds. The minimum atomic E-state index is -0.568. The maximum atomic E-state index is 9.86. The summed E-state index contributed by atoms with van der Waals surface area (Å²) < 4.78 is 11.3. The van der Waals surface area contributed by atoms with Crippen LogP contribution in [0.25, 0.3) is 0 Å². The summed E-state index contributed by atoms with van der Waals surface area (Å²) in [5.74, 6) is 1.13. The molecule has 1 aromatic heterocycles. The van der Waals surface area contributed by atoms with Gasteiger partial charge in [-0.05, 0) is 6.07 Å². The summed E-state index contributed by atoms with van der Waals surface area (Å²) in [4.78, 5) is 10.7. The lowest BCUT2D eigenvalue weighted by atomic mass is 10.1. The molecule has 9 nitrogen and oxygen atoms in total. The number of likely N-dealkylation sites (N-methyl/N-ethyl adjacent to an activating group) is 1. The van der Waals surface area contributed by atoms with Crippen molar-refractivity contribution >= 4 is 18.0 Å². The molecule has 4 unspecified atom stereocenters. The number of aliphatic hydroxyl groups is 1. The number of hydrogen-bond acceptors (Lipinski definition) is 8. The van der Waals surface area contributed by atoms with Crippen molar-refractivity contribution < 1.29 is 19.9 Å². The van der Waals surface area contributed by atoms with Gasteiger partial charge in [-0.3, -0.25) is 0 Å². The number of hydrogen-bond donors (Lipinski definition) is 4. The Labute approximate surface area is 140 Å².